The number of carbonyl (C=O) groups is 2. The second-order valence-corrected chi connectivity index (χ2v) is 6.37. The lowest BCUT2D eigenvalue weighted by atomic mass is 10.0. The second-order valence-electron chi connectivity index (χ2n) is 5.30. The fraction of sp³-hybridized carbons (Fsp3) is 0.312. The maximum Gasteiger partial charge on any atom is 0.260 e. The molecule has 1 saturated heterocycles. The third kappa shape index (κ3) is 2.87. The molecule has 114 valence electrons. The van der Waals surface area contributed by atoms with Crippen molar-refractivity contribution in [2.24, 2.45) is 5.73 Å². The van der Waals surface area contributed by atoms with Crippen molar-refractivity contribution < 1.29 is 9.59 Å². The van der Waals surface area contributed by atoms with Crippen molar-refractivity contribution in [2.75, 3.05) is 6.54 Å². The summed E-state index contributed by atoms with van der Waals surface area (Å²) in [6.07, 6.45) is 4.41. The smallest absolute Gasteiger partial charge is 0.260 e. The van der Waals surface area contributed by atoms with Crippen molar-refractivity contribution in [3.05, 3.63) is 52.0 Å². The van der Waals surface area contributed by atoms with Gasteiger partial charge in [0.25, 0.3) is 11.8 Å². The predicted molar refractivity (Wildman–Crippen MR) is 84.7 cm³/mol. The minimum Gasteiger partial charge on any atom is -0.365 e. The molecule has 2 N–H and O–H groups in total. The Bertz CT molecular complexity index is 684. The lowest BCUT2D eigenvalue weighted by Gasteiger charge is -2.34. The standard InChI is InChI=1S/C16H17N3O2S/c17-14(20)13-10-18-15(22-13)12-8-4-5-9-19(12)16(21)11-6-2-1-3-7-11/h1-3,6-7,10,12H,4-5,8-9H2,(H2,17,20)/t12-/m0/s1. The number of primary amides is 1. The lowest BCUT2D eigenvalue weighted by Crippen LogP contribution is -2.38. The molecule has 3 rings (SSSR count). The Labute approximate surface area is 132 Å². The fourth-order valence-electron chi connectivity index (χ4n) is 2.73. The van der Waals surface area contributed by atoms with Crippen LogP contribution in [-0.2, 0) is 0 Å². The van der Waals surface area contributed by atoms with Gasteiger partial charge >= 0.3 is 0 Å². The number of hydrogen-bond acceptors (Lipinski definition) is 4. The first-order chi connectivity index (χ1) is 10.7. The van der Waals surface area contributed by atoms with Gasteiger partial charge in [-0.05, 0) is 31.4 Å². The molecule has 1 aromatic carbocycles. The van der Waals surface area contributed by atoms with Gasteiger partial charge in [0.05, 0.1) is 12.2 Å². The number of benzene rings is 1. The fourth-order valence-corrected chi connectivity index (χ4v) is 3.65. The largest absolute Gasteiger partial charge is 0.365 e. The molecule has 0 radical (unpaired) electrons. The van der Waals surface area contributed by atoms with Crippen molar-refractivity contribution in [2.45, 2.75) is 25.3 Å². The van der Waals surface area contributed by atoms with E-state index < -0.39 is 5.91 Å². The SMILES string of the molecule is NC(=O)c1cnc([C@@H]2CCCCN2C(=O)c2ccccc2)s1. The first kappa shape index (κ1) is 14.7. The molecule has 2 amide bonds. The molecule has 1 aliphatic heterocycles. The summed E-state index contributed by atoms with van der Waals surface area (Å²) in [6, 6.07) is 9.20. The van der Waals surface area contributed by atoms with E-state index in [2.05, 4.69) is 4.98 Å². The summed E-state index contributed by atoms with van der Waals surface area (Å²) in [5.41, 5.74) is 5.97. The average Bonchev–Trinajstić information content (AvgIpc) is 3.05. The summed E-state index contributed by atoms with van der Waals surface area (Å²) in [5, 5.41) is 0.790. The van der Waals surface area contributed by atoms with Gasteiger partial charge < -0.3 is 10.6 Å². The zero-order valence-electron chi connectivity index (χ0n) is 12.1. The molecule has 1 atom stereocenters. The number of piperidine rings is 1. The second kappa shape index (κ2) is 6.27. The number of hydrogen-bond donors (Lipinski definition) is 1. The Morgan fingerprint density at radius 1 is 1.23 bits per heavy atom. The lowest BCUT2D eigenvalue weighted by molar-refractivity contribution is 0.0611. The molecule has 1 aromatic heterocycles. The van der Waals surface area contributed by atoms with Gasteiger partial charge in [-0.1, -0.05) is 18.2 Å². The first-order valence-corrected chi connectivity index (χ1v) is 8.10. The highest BCUT2D eigenvalue weighted by Crippen LogP contribution is 2.34. The van der Waals surface area contributed by atoms with Gasteiger partial charge in [0.1, 0.15) is 9.88 Å². The van der Waals surface area contributed by atoms with Gasteiger partial charge in [-0.3, -0.25) is 9.59 Å². The molecule has 5 nitrogen and oxygen atoms in total. The molecule has 2 aromatic rings. The molecule has 0 unspecified atom stereocenters. The Kier molecular flexibility index (Phi) is 4.20. The van der Waals surface area contributed by atoms with Crippen LogP contribution in [0, 0.1) is 0 Å². The zero-order valence-corrected chi connectivity index (χ0v) is 12.9. The Hall–Kier alpha value is -2.21. The number of rotatable bonds is 3. The molecule has 0 spiro atoms. The summed E-state index contributed by atoms with van der Waals surface area (Å²) < 4.78 is 0. The van der Waals surface area contributed by atoms with Gasteiger partial charge in [0.2, 0.25) is 0 Å². The van der Waals surface area contributed by atoms with Crippen LogP contribution in [0.15, 0.2) is 36.5 Å². The van der Waals surface area contributed by atoms with E-state index in [0.29, 0.717) is 17.0 Å². The van der Waals surface area contributed by atoms with E-state index in [-0.39, 0.29) is 11.9 Å². The van der Waals surface area contributed by atoms with Crippen molar-refractivity contribution in [1.82, 2.24) is 9.88 Å². The van der Waals surface area contributed by atoms with Gasteiger partial charge in [-0.2, -0.15) is 0 Å². The van der Waals surface area contributed by atoms with E-state index in [1.807, 2.05) is 35.2 Å². The van der Waals surface area contributed by atoms with Crippen molar-refractivity contribution in [1.29, 1.82) is 0 Å². The van der Waals surface area contributed by atoms with Gasteiger partial charge in [-0.15, -0.1) is 11.3 Å². The van der Waals surface area contributed by atoms with E-state index in [1.54, 1.807) is 0 Å². The Morgan fingerprint density at radius 2 is 2.00 bits per heavy atom. The van der Waals surface area contributed by atoms with Gasteiger partial charge in [-0.25, -0.2) is 4.98 Å². The van der Waals surface area contributed by atoms with E-state index in [0.717, 1.165) is 24.3 Å². The van der Waals surface area contributed by atoms with Gasteiger partial charge in [0.15, 0.2) is 0 Å². The van der Waals surface area contributed by atoms with E-state index in [9.17, 15) is 9.59 Å². The molecule has 2 heterocycles. The van der Waals surface area contributed by atoms with Crippen molar-refractivity contribution in [3.63, 3.8) is 0 Å². The highest BCUT2D eigenvalue weighted by atomic mass is 32.1. The van der Waals surface area contributed by atoms with Crippen LogP contribution in [0.25, 0.3) is 0 Å². The predicted octanol–water partition coefficient (Wildman–Crippen LogP) is 2.61. The van der Waals surface area contributed by atoms with Crippen LogP contribution in [0.1, 0.15) is 50.3 Å². The summed E-state index contributed by atoms with van der Waals surface area (Å²) >= 11 is 1.28. The number of carbonyl (C=O) groups excluding carboxylic acids is 2. The Balaban J connectivity index is 1.87. The van der Waals surface area contributed by atoms with Crippen LogP contribution in [-0.4, -0.2) is 28.2 Å². The van der Waals surface area contributed by atoms with Crippen molar-refractivity contribution in [3.8, 4) is 0 Å². The van der Waals surface area contributed by atoms with Crippen molar-refractivity contribution >= 4 is 23.2 Å². The maximum atomic E-state index is 12.7. The first-order valence-electron chi connectivity index (χ1n) is 7.28. The zero-order chi connectivity index (χ0) is 15.5. The van der Waals surface area contributed by atoms with E-state index in [4.69, 9.17) is 5.73 Å². The summed E-state index contributed by atoms with van der Waals surface area (Å²) in [7, 11) is 0. The highest BCUT2D eigenvalue weighted by Gasteiger charge is 2.30. The molecule has 0 bridgehead atoms. The van der Waals surface area contributed by atoms with Crippen LogP contribution < -0.4 is 5.73 Å². The van der Waals surface area contributed by atoms with Crippen LogP contribution >= 0.6 is 11.3 Å². The third-order valence-corrected chi connectivity index (χ3v) is 4.95. The van der Waals surface area contributed by atoms with E-state index in [1.165, 1.54) is 17.5 Å². The molecule has 0 aliphatic carbocycles. The Morgan fingerprint density at radius 3 is 2.68 bits per heavy atom. The molecule has 0 saturated carbocycles. The number of aromatic nitrogens is 1. The number of amides is 2. The summed E-state index contributed by atoms with van der Waals surface area (Å²) in [6.45, 7) is 0.712. The topological polar surface area (TPSA) is 76.3 Å². The number of nitrogens with two attached hydrogens (primary N) is 1. The molecular weight excluding hydrogens is 298 g/mol. The monoisotopic (exact) mass is 315 g/mol. The molecule has 1 fully saturated rings. The number of likely N-dealkylation sites (tertiary alicyclic amines) is 1. The maximum absolute atomic E-state index is 12.7. The molecule has 22 heavy (non-hydrogen) atoms. The number of nitrogens with zero attached hydrogens (tertiary/aromatic N) is 2. The van der Waals surface area contributed by atoms with E-state index >= 15 is 0 Å². The minimum atomic E-state index is -0.472. The molecule has 6 heteroatoms. The number of thiazole rings is 1. The normalized spacial score (nSPS) is 18.2. The molecule has 1 aliphatic rings. The minimum absolute atomic E-state index is 0.0149. The van der Waals surface area contributed by atoms with Crippen LogP contribution in [0.2, 0.25) is 0 Å². The summed E-state index contributed by atoms with van der Waals surface area (Å²) in [4.78, 5) is 30.6. The third-order valence-electron chi connectivity index (χ3n) is 3.84. The van der Waals surface area contributed by atoms with Crippen LogP contribution in [0.5, 0.6) is 0 Å². The quantitative estimate of drug-likeness (QED) is 0.946. The summed E-state index contributed by atoms with van der Waals surface area (Å²) in [5.74, 6) is -0.457. The molecular formula is C16H17N3O2S. The van der Waals surface area contributed by atoms with Crippen LogP contribution in [0.4, 0.5) is 0 Å². The van der Waals surface area contributed by atoms with Gasteiger partial charge in [0, 0.05) is 12.1 Å². The average molecular weight is 315 g/mol. The highest BCUT2D eigenvalue weighted by molar-refractivity contribution is 7.13. The van der Waals surface area contributed by atoms with Crippen LogP contribution in [0.3, 0.4) is 0 Å².